The molecule has 0 aliphatic carbocycles. The molecule has 1 heterocycles. The summed E-state index contributed by atoms with van der Waals surface area (Å²) < 4.78 is 11.0. The summed E-state index contributed by atoms with van der Waals surface area (Å²) in [4.78, 5) is 0. The largest absolute Gasteiger partial charge is 0.508 e. The third-order valence-electron chi connectivity index (χ3n) is 3.36. The zero-order valence-electron chi connectivity index (χ0n) is 10.9. The molecule has 0 aliphatic rings. The lowest BCUT2D eigenvalue weighted by molar-refractivity contribution is 0.372. The molecule has 2 N–H and O–H groups in total. The molecule has 98 valence electrons. The summed E-state index contributed by atoms with van der Waals surface area (Å²) in [6.07, 6.45) is 0. The van der Waals surface area contributed by atoms with Crippen LogP contribution in [0.4, 0.5) is 0 Å². The summed E-state index contributed by atoms with van der Waals surface area (Å²) >= 11 is 0. The van der Waals surface area contributed by atoms with Gasteiger partial charge in [-0.05, 0) is 37.1 Å². The highest BCUT2D eigenvalue weighted by Gasteiger charge is 2.19. The highest BCUT2D eigenvalue weighted by atomic mass is 16.5. The van der Waals surface area contributed by atoms with E-state index in [1.54, 1.807) is 18.2 Å². The summed E-state index contributed by atoms with van der Waals surface area (Å²) in [6.45, 7) is 3.82. The van der Waals surface area contributed by atoms with Crippen molar-refractivity contribution >= 4 is 21.9 Å². The van der Waals surface area contributed by atoms with Crippen molar-refractivity contribution in [2.24, 2.45) is 0 Å². The van der Waals surface area contributed by atoms with Gasteiger partial charge in [0.15, 0.2) is 11.3 Å². The molecule has 0 unspecified atom stereocenters. The van der Waals surface area contributed by atoms with Crippen molar-refractivity contribution < 1.29 is 19.4 Å². The lowest BCUT2D eigenvalue weighted by atomic mass is 10.0. The number of fused-ring (bicyclic) bond motifs is 3. The van der Waals surface area contributed by atoms with E-state index in [0.717, 1.165) is 21.9 Å². The molecule has 0 spiro atoms. The number of benzene rings is 2. The zero-order chi connectivity index (χ0) is 13.7. The Hall–Kier alpha value is -2.36. The van der Waals surface area contributed by atoms with Crippen molar-refractivity contribution in [1.82, 2.24) is 0 Å². The first-order valence-corrected chi connectivity index (χ1v) is 5.95. The number of hydrogen-bond acceptors (Lipinski definition) is 4. The minimum absolute atomic E-state index is 0.0495. The molecule has 1 aromatic heterocycles. The normalized spacial score (nSPS) is 11.3. The summed E-state index contributed by atoms with van der Waals surface area (Å²) in [6, 6.07) is 4.91. The predicted molar refractivity (Wildman–Crippen MR) is 73.1 cm³/mol. The summed E-state index contributed by atoms with van der Waals surface area (Å²) in [7, 11) is 1.49. The Morgan fingerprint density at radius 2 is 1.68 bits per heavy atom. The summed E-state index contributed by atoms with van der Waals surface area (Å²) in [5, 5.41) is 21.4. The number of aromatic hydroxyl groups is 2. The maximum absolute atomic E-state index is 9.90. The van der Waals surface area contributed by atoms with Crippen molar-refractivity contribution in [2.75, 3.05) is 7.11 Å². The molecule has 3 rings (SSSR count). The van der Waals surface area contributed by atoms with Gasteiger partial charge in [-0.2, -0.15) is 0 Å². The number of phenols is 2. The third-order valence-corrected chi connectivity index (χ3v) is 3.36. The average Bonchev–Trinajstić information content (AvgIpc) is 2.68. The smallest absolute Gasteiger partial charge is 0.204 e. The number of ether oxygens (including phenoxy) is 1. The zero-order valence-corrected chi connectivity index (χ0v) is 10.9. The molecule has 3 aromatic rings. The van der Waals surface area contributed by atoms with Gasteiger partial charge >= 0.3 is 0 Å². The molecule has 0 saturated heterocycles. The number of furan rings is 1. The molecular weight excluding hydrogens is 244 g/mol. The van der Waals surface area contributed by atoms with Crippen LogP contribution in [0, 0.1) is 13.8 Å². The Labute approximate surface area is 109 Å². The molecule has 0 amide bonds. The first-order chi connectivity index (χ1) is 9.02. The van der Waals surface area contributed by atoms with E-state index in [4.69, 9.17) is 9.15 Å². The van der Waals surface area contributed by atoms with E-state index < -0.39 is 0 Å². The maximum atomic E-state index is 9.90. The molecule has 4 nitrogen and oxygen atoms in total. The van der Waals surface area contributed by atoms with Crippen LogP contribution in [-0.2, 0) is 0 Å². The monoisotopic (exact) mass is 258 g/mol. The van der Waals surface area contributed by atoms with Crippen LogP contribution < -0.4 is 4.74 Å². The van der Waals surface area contributed by atoms with Gasteiger partial charge in [-0.1, -0.05) is 0 Å². The van der Waals surface area contributed by atoms with Gasteiger partial charge in [0.1, 0.15) is 11.3 Å². The second-order valence-corrected chi connectivity index (χ2v) is 4.69. The van der Waals surface area contributed by atoms with Crippen LogP contribution in [0.15, 0.2) is 22.6 Å². The van der Waals surface area contributed by atoms with Crippen LogP contribution in [0.3, 0.4) is 0 Å². The minimum atomic E-state index is 0.0495. The van der Waals surface area contributed by atoms with Crippen LogP contribution in [0.25, 0.3) is 21.9 Å². The fraction of sp³-hybridized carbons (Fsp3) is 0.200. The van der Waals surface area contributed by atoms with Gasteiger partial charge < -0.3 is 19.4 Å². The first kappa shape index (κ1) is 11.7. The lowest BCUT2D eigenvalue weighted by Crippen LogP contribution is -1.86. The fourth-order valence-electron chi connectivity index (χ4n) is 2.60. The molecule has 0 fully saturated rings. The van der Waals surface area contributed by atoms with Gasteiger partial charge in [-0.3, -0.25) is 0 Å². The SMILES string of the molecule is COc1c(O)cc(C)c2c1oc1cc(O)cc(C)c12. The van der Waals surface area contributed by atoms with E-state index in [1.807, 2.05) is 13.8 Å². The Balaban J connectivity index is 2.61. The second-order valence-electron chi connectivity index (χ2n) is 4.69. The Morgan fingerprint density at radius 3 is 2.37 bits per heavy atom. The fourth-order valence-corrected chi connectivity index (χ4v) is 2.60. The molecule has 4 heteroatoms. The highest BCUT2D eigenvalue weighted by Crippen LogP contribution is 2.43. The van der Waals surface area contributed by atoms with Gasteiger partial charge in [-0.15, -0.1) is 0 Å². The topological polar surface area (TPSA) is 62.8 Å². The third kappa shape index (κ3) is 1.53. The van der Waals surface area contributed by atoms with E-state index in [1.165, 1.54) is 7.11 Å². The van der Waals surface area contributed by atoms with Crippen LogP contribution in [0.2, 0.25) is 0 Å². The Kier molecular flexibility index (Phi) is 2.35. The van der Waals surface area contributed by atoms with Crippen molar-refractivity contribution in [2.45, 2.75) is 13.8 Å². The number of aryl methyl sites for hydroxylation is 2. The lowest BCUT2D eigenvalue weighted by Gasteiger charge is -2.06. The number of phenolic OH excluding ortho intramolecular Hbond substituents is 2. The summed E-state index contributed by atoms with van der Waals surface area (Å²) in [5.41, 5.74) is 2.91. The van der Waals surface area contributed by atoms with Crippen molar-refractivity contribution in [1.29, 1.82) is 0 Å². The molecule has 19 heavy (non-hydrogen) atoms. The standard InChI is InChI=1S/C15H14O4/c1-7-4-9(16)6-11-12(7)13-8(2)5-10(17)14(18-3)15(13)19-11/h4-6,16-17H,1-3H3. The second kappa shape index (κ2) is 3.82. The van der Waals surface area contributed by atoms with Crippen LogP contribution >= 0.6 is 0 Å². The van der Waals surface area contributed by atoms with E-state index in [9.17, 15) is 10.2 Å². The maximum Gasteiger partial charge on any atom is 0.204 e. The van der Waals surface area contributed by atoms with Crippen LogP contribution in [0.1, 0.15) is 11.1 Å². The number of methoxy groups -OCH3 is 1. The molecule has 0 aliphatic heterocycles. The highest BCUT2D eigenvalue weighted by molar-refractivity contribution is 6.11. The van der Waals surface area contributed by atoms with Crippen LogP contribution in [-0.4, -0.2) is 17.3 Å². The molecule has 0 radical (unpaired) electrons. The minimum Gasteiger partial charge on any atom is -0.508 e. The van der Waals surface area contributed by atoms with Crippen LogP contribution in [0.5, 0.6) is 17.2 Å². The first-order valence-electron chi connectivity index (χ1n) is 5.95. The Morgan fingerprint density at radius 1 is 1.00 bits per heavy atom. The summed E-state index contributed by atoms with van der Waals surface area (Å²) in [5.74, 6) is 0.522. The Bertz CT molecular complexity index is 799. The van der Waals surface area contributed by atoms with Crippen molar-refractivity contribution in [3.05, 3.63) is 29.3 Å². The van der Waals surface area contributed by atoms with Gasteiger partial charge in [0.2, 0.25) is 5.75 Å². The molecule has 2 aromatic carbocycles. The molecule has 0 bridgehead atoms. The number of rotatable bonds is 1. The van der Waals surface area contributed by atoms with E-state index in [2.05, 4.69) is 0 Å². The number of hydrogen-bond donors (Lipinski definition) is 2. The quantitative estimate of drug-likeness (QED) is 0.699. The van der Waals surface area contributed by atoms with Gasteiger partial charge in [0.25, 0.3) is 0 Å². The molecule has 0 atom stereocenters. The van der Waals surface area contributed by atoms with Crippen molar-refractivity contribution in [3.8, 4) is 17.2 Å². The van der Waals surface area contributed by atoms with E-state index >= 15 is 0 Å². The van der Waals surface area contributed by atoms with E-state index in [-0.39, 0.29) is 11.5 Å². The molecule has 0 saturated carbocycles. The molecular formula is C15H14O4. The van der Waals surface area contributed by atoms with Gasteiger partial charge in [0, 0.05) is 16.8 Å². The predicted octanol–water partition coefficient (Wildman–Crippen LogP) is 3.62. The van der Waals surface area contributed by atoms with E-state index in [0.29, 0.717) is 16.9 Å². The van der Waals surface area contributed by atoms with Gasteiger partial charge in [0.05, 0.1) is 7.11 Å². The average molecular weight is 258 g/mol. The van der Waals surface area contributed by atoms with Gasteiger partial charge in [-0.25, -0.2) is 0 Å². The van der Waals surface area contributed by atoms with Crippen molar-refractivity contribution in [3.63, 3.8) is 0 Å².